The number of fused-ring (bicyclic) bond motifs is 2. The maximum absolute atomic E-state index is 12.6. The number of nitrogens with one attached hydrogen (secondary N) is 2. The number of imidazole rings is 1. The highest BCUT2D eigenvalue weighted by atomic mass is 16.5. The molecule has 1 aliphatic rings. The van der Waals surface area contributed by atoms with Crippen LogP contribution in [-0.4, -0.2) is 22.5 Å². The summed E-state index contributed by atoms with van der Waals surface area (Å²) in [6.45, 7) is 3.04. The number of nitrogens with zero attached hydrogens (tertiary/aromatic N) is 1. The van der Waals surface area contributed by atoms with Crippen molar-refractivity contribution in [2.45, 2.75) is 26.3 Å². The number of rotatable bonds is 3. The van der Waals surface area contributed by atoms with Crippen molar-refractivity contribution in [2.75, 3.05) is 6.61 Å². The summed E-state index contributed by atoms with van der Waals surface area (Å²) in [7, 11) is 0. The molecule has 4 rings (SSSR count). The van der Waals surface area contributed by atoms with E-state index in [1.165, 1.54) is 0 Å². The maximum atomic E-state index is 12.6. The largest absolute Gasteiger partial charge is 0.493 e. The van der Waals surface area contributed by atoms with E-state index in [-0.39, 0.29) is 11.8 Å². The van der Waals surface area contributed by atoms with Gasteiger partial charge in [0.05, 0.1) is 17.6 Å². The Hall–Kier alpha value is -2.82. The average molecular weight is 335 g/mol. The van der Waals surface area contributed by atoms with Gasteiger partial charge in [0.1, 0.15) is 11.6 Å². The number of carbonyl (C=O) groups is 1. The molecule has 1 aliphatic heterocycles. The Labute approximate surface area is 146 Å². The smallest absolute Gasteiger partial charge is 0.223 e. The van der Waals surface area contributed by atoms with Crippen molar-refractivity contribution in [3.63, 3.8) is 0 Å². The van der Waals surface area contributed by atoms with Gasteiger partial charge in [-0.15, -0.1) is 0 Å². The third kappa shape index (κ3) is 3.36. The fourth-order valence-corrected chi connectivity index (χ4v) is 3.34. The lowest BCUT2D eigenvalue weighted by atomic mass is 9.96. The third-order valence-electron chi connectivity index (χ3n) is 4.67. The van der Waals surface area contributed by atoms with E-state index in [4.69, 9.17) is 4.74 Å². The fraction of sp³-hybridized carbons (Fsp3) is 0.300. The van der Waals surface area contributed by atoms with E-state index in [1.54, 1.807) is 0 Å². The van der Waals surface area contributed by atoms with E-state index in [0.29, 0.717) is 13.2 Å². The number of hydrogen-bond acceptors (Lipinski definition) is 3. The van der Waals surface area contributed by atoms with Crippen LogP contribution in [0, 0.1) is 12.8 Å². The Morgan fingerprint density at radius 3 is 3.12 bits per heavy atom. The SMILES string of the molecule is Cc1nc2ccc(CNC(=O)[C@H]3CCOc4ccccc4C3)cc2[nH]1. The van der Waals surface area contributed by atoms with Crippen molar-refractivity contribution in [1.29, 1.82) is 0 Å². The Kier molecular flexibility index (Phi) is 4.14. The number of H-pyrrole nitrogens is 1. The van der Waals surface area contributed by atoms with E-state index in [9.17, 15) is 4.79 Å². The molecule has 128 valence electrons. The monoisotopic (exact) mass is 335 g/mol. The van der Waals surface area contributed by atoms with Crippen molar-refractivity contribution in [1.82, 2.24) is 15.3 Å². The molecule has 5 heteroatoms. The summed E-state index contributed by atoms with van der Waals surface area (Å²) in [5, 5.41) is 3.07. The molecule has 25 heavy (non-hydrogen) atoms. The molecule has 0 radical (unpaired) electrons. The first-order chi connectivity index (χ1) is 12.2. The van der Waals surface area contributed by atoms with Crippen molar-refractivity contribution >= 4 is 16.9 Å². The molecule has 2 aromatic carbocycles. The van der Waals surface area contributed by atoms with E-state index >= 15 is 0 Å². The number of amides is 1. The summed E-state index contributed by atoms with van der Waals surface area (Å²) in [6.07, 6.45) is 1.46. The molecule has 0 bridgehead atoms. The molecule has 5 nitrogen and oxygen atoms in total. The number of aryl methyl sites for hydroxylation is 1. The van der Waals surface area contributed by atoms with Gasteiger partial charge in [-0.25, -0.2) is 4.98 Å². The van der Waals surface area contributed by atoms with Crippen LogP contribution in [0.3, 0.4) is 0 Å². The third-order valence-corrected chi connectivity index (χ3v) is 4.67. The second kappa shape index (κ2) is 6.59. The Bertz CT molecular complexity index is 916. The number of aromatic nitrogens is 2. The standard InChI is InChI=1S/C20H21N3O2/c1-13-22-17-7-6-14(10-18(17)23-13)12-21-20(24)16-8-9-25-19-5-3-2-4-15(19)11-16/h2-7,10,16H,8-9,11-12H2,1H3,(H,21,24)(H,22,23)/t16-/m0/s1. The van der Waals surface area contributed by atoms with Gasteiger partial charge in [0.25, 0.3) is 0 Å². The topological polar surface area (TPSA) is 67.0 Å². The van der Waals surface area contributed by atoms with Crippen molar-refractivity contribution < 1.29 is 9.53 Å². The van der Waals surface area contributed by atoms with Crippen LogP contribution in [0.2, 0.25) is 0 Å². The number of aromatic amines is 1. The van der Waals surface area contributed by atoms with Gasteiger partial charge >= 0.3 is 0 Å². The molecule has 1 aromatic heterocycles. The highest BCUT2D eigenvalue weighted by Crippen LogP contribution is 2.26. The van der Waals surface area contributed by atoms with Crippen molar-refractivity contribution in [3.05, 3.63) is 59.4 Å². The van der Waals surface area contributed by atoms with Gasteiger partial charge in [-0.1, -0.05) is 24.3 Å². The summed E-state index contributed by atoms with van der Waals surface area (Å²) in [4.78, 5) is 20.2. The van der Waals surface area contributed by atoms with Gasteiger partial charge in [-0.2, -0.15) is 0 Å². The zero-order valence-electron chi connectivity index (χ0n) is 14.2. The molecule has 0 fully saturated rings. The molecule has 0 unspecified atom stereocenters. The summed E-state index contributed by atoms with van der Waals surface area (Å²) < 4.78 is 5.75. The van der Waals surface area contributed by atoms with Crippen LogP contribution in [0.5, 0.6) is 5.75 Å². The first kappa shape index (κ1) is 15.7. The van der Waals surface area contributed by atoms with E-state index < -0.39 is 0 Å². The number of para-hydroxylation sites is 1. The summed E-state index contributed by atoms with van der Waals surface area (Å²) in [5.41, 5.74) is 4.12. The quantitative estimate of drug-likeness (QED) is 0.773. The molecular formula is C20H21N3O2. The Morgan fingerprint density at radius 2 is 2.20 bits per heavy atom. The van der Waals surface area contributed by atoms with Gasteiger partial charge in [-0.3, -0.25) is 4.79 Å². The normalized spacial score (nSPS) is 16.8. The predicted octanol–water partition coefficient (Wildman–Crippen LogP) is 3.13. The summed E-state index contributed by atoms with van der Waals surface area (Å²) in [6, 6.07) is 14.0. The van der Waals surface area contributed by atoms with Gasteiger partial charge in [0, 0.05) is 12.5 Å². The van der Waals surface area contributed by atoms with Crippen LogP contribution >= 0.6 is 0 Å². The molecule has 0 aliphatic carbocycles. The minimum atomic E-state index is -0.0539. The first-order valence-corrected chi connectivity index (χ1v) is 8.63. The van der Waals surface area contributed by atoms with Crippen LogP contribution in [0.25, 0.3) is 11.0 Å². The molecular weight excluding hydrogens is 314 g/mol. The van der Waals surface area contributed by atoms with Crippen molar-refractivity contribution in [3.8, 4) is 5.75 Å². The van der Waals surface area contributed by atoms with Gasteiger partial charge in [0.2, 0.25) is 5.91 Å². The van der Waals surface area contributed by atoms with E-state index in [0.717, 1.165) is 46.6 Å². The lowest BCUT2D eigenvalue weighted by Crippen LogP contribution is -2.31. The van der Waals surface area contributed by atoms with E-state index in [2.05, 4.69) is 15.3 Å². The number of carbonyl (C=O) groups excluding carboxylic acids is 1. The van der Waals surface area contributed by atoms with Gasteiger partial charge in [0.15, 0.2) is 0 Å². The van der Waals surface area contributed by atoms with Crippen LogP contribution < -0.4 is 10.1 Å². The second-order valence-electron chi connectivity index (χ2n) is 6.54. The fourth-order valence-electron chi connectivity index (χ4n) is 3.34. The molecule has 1 amide bonds. The van der Waals surface area contributed by atoms with Crippen molar-refractivity contribution in [2.24, 2.45) is 5.92 Å². The zero-order chi connectivity index (χ0) is 17.2. The van der Waals surface area contributed by atoms with Crippen LogP contribution in [0.4, 0.5) is 0 Å². The zero-order valence-corrected chi connectivity index (χ0v) is 14.2. The molecule has 0 saturated carbocycles. The Balaban J connectivity index is 1.42. The lowest BCUT2D eigenvalue weighted by molar-refractivity contribution is -0.125. The minimum absolute atomic E-state index is 0.0539. The van der Waals surface area contributed by atoms with Gasteiger partial charge < -0.3 is 15.0 Å². The highest BCUT2D eigenvalue weighted by Gasteiger charge is 2.23. The van der Waals surface area contributed by atoms with Crippen LogP contribution in [-0.2, 0) is 17.8 Å². The number of benzene rings is 2. The molecule has 2 N–H and O–H groups in total. The van der Waals surface area contributed by atoms with Crippen LogP contribution in [0.15, 0.2) is 42.5 Å². The predicted molar refractivity (Wildman–Crippen MR) is 96.4 cm³/mol. The average Bonchev–Trinajstić information content (AvgIpc) is 2.85. The van der Waals surface area contributed by atoms with Gasteiger partial charge in [-0.05, 0) is 49.1 Å². The number of hydrogen-bond donors (Lipinski definition) is 2. The van der Waals surface area contributed by atoms with Crippen LogP contribution in [0.1, 0.15) is 23.4 Å². The summed E-state index contributed by atoms with van der Waals surface area (Å²) >= 11 is 0. The molecule has 1 atom stereocenters. The molecule has 0 spiro atoms. The lowest BCUT2D eigenvalue weighted by Gasteiger charge is -2.14. The minimum Gasteiger partial charge on any atom is -0.493 e. The van der Waals surface area contributed by atoms with E-state index in [1.807, 2.05) is 49.4 Å². The Morgan fingerprint density at radius 1 is 1.32 bits per heavy atom. The second-order valence-corrected chi connectivity index (χ2v) is 6.54. The first-order valence-electron chi connectivity index (χ1n) is 8.63. The summed E-state index contributed by atoms with van der Waals surface area (Å²) in [5.74, 6) is 1.83. The molecule has 0 saturated heterocycles. The molecule has 3 aromatic rings. The maximum Gasteiger partial charge on any atom is 0.223 e. The molecule has 2 heterocycles. The number of ether oxygens (including phenoxy) is 1. The highest BCUT2D eigenvalue weighted by molar-refractivity contribution is 5.80.